The minimum atomic E-state index is -1.21. The van der Waals surface area contributed by atoms with Gasteiger partial charge in [0, 0.05) is 11.0 Å². The van der Waals surface area contributed by atoms with E-state index < -0.39 is 8.07 Å². The number of hydrogen-bond acceptors (Lipinski definition) is 1. The second-order valence-electron chi connectivity index (χ2n) is 7.68. The topological polar surface area (TPSA) is 9.23 Å². The Balaban J connectivity index is 2.46. The molecule has 1 aliphatic carbocycles. The molecule has 0 radical (unpaired) electrons. The predicted molar refractivity (Wildman–Crippen MR) is 95.0 cm³/mol. The Hall–Kier alpha value is -1.28. The number of allylic oxidation sites excluding steroid dienone is 4. The zero-order chi connectivity index (χ0) is 15.8. The van der Waals surface area contributed by atoms with Crippen molar-refractivity contribution in [1.82, 2.24) is 0 Å². The summed E-state index contributed by atoms with van der Waals surface area (Å²) in [6.45, 7) is 14.2. The molecule has 21 heavy (non-hydrogen) atoms. The SMILES string of the molecule is COc1ccccc1C(C)(C)C1=CC([Si](C)(C)C)C(C)=C1. The number of benzene rings is 1. The van der Waals surface area contributed by atoms with Gasteiger partial charge in [0.25, 0.3) is 0 Å². The van der Waals surface area contributed by atoms with E-state index in [1.807, 2.05) is 6.07 Å². The molecule has 0 saturated carbocycles. The monoisotopic (exact) mass is 300 g/mol. The van der Waals surface area contributed by atoms with E-state index in [1.165, 1.54) is 16.7 Å². The van der Waals surface area contributed by atoms with Crippen molar-refractivity contribution < 1.29 is 4.74 Å². The van der Waals surface area contributed by atoms with Crippen LogP contribution in [0.1, 0.15) is 26.3 Å². The highest BCUT2D eigenvalue weighted by Crippen LogP contribution is 2.45. The predicted octanol–water partition coefficient (Wildman–Crippen LogP) is 5.57. The molecule has 0 saturated heterocycles. The molecule has 1 aromatic carbocycles. The van der Waals surface area contributed by atoms with E-state index >= 15 is 0 Å². The average molecular weight is 301 g/mol. The molecule has 1 aromatic rings. The maximum Gasteiger partial charge on any atom is 0.122 e. The largest absolute Gasteiger partial charge is 0.496 e. The molecule has 1 nitrogen and oxygen atoms in total. The standard InChI is InChI=1S/C19H28OSi/c1-14-12-15(13-18(14)21(5,6)7)19(2,3)16-10-8-9-11-17(16)20-4/h8-13,18H,1-7H3. The van der Waals surface area contributed by atoms with Crippen LogP contribution in [-0.4, -0.2) is 15.2 Å². The number of rotatable bonds is 4. The van der Waals surface area contributed by atoms with Crippen LogP contribution in [0.5, 0.6) is 5.75 Å². The first kappa shape index (κ1) is 16.1. The van der Waals surface area contributed by atoms with Crippen LogP contribution in [0.3, 0.4) is 0 Å². The van der Waals surface area contributed by atoms with Gasteiger partial charge in [-0.05, 0) is 24.1 Å². The normalized spacial score (nSPS) is 19.3. The maximum absolute atomic E-state index is 5.57. The third-order valence-corrected chi connectivity index (χ3v) is 7.14. The van der Waals surface area contributed by atoms with Crippen LogP contribution in [0.25, 0.3) is 0 Å². The summed E-state index contributed by atoms with van der Waals surface area (Å²) >= 11 is 0. The Kier molecular flexibility index (Phi) is 4.21. The van der Waals surface area contributed by atoms with Gasteiger partial charge in [-0.3, -0.25) is 0 Å². The third kappa shape index (κ3) is 3.01. The Labute approximate surface area is 130 Å². The van der Waals surface area contributed by atoms with Crippen molar-refractivity contribution >= 4 is 8.07 Å². The molecule has 0 fully saturated rings. The van der Waals surface area contributed by atoms with Crippen LogP contribution in [-0.2, 0) is 5.41 Å². The third-order valence-electron chi connectivity index (χ3n) is 4.65. The van der Waals surface area contributed by atoms with Crippen LogP contribution in [0.2, 0.25) is 25.2 Å². The molecule has 2 rings (SSSR count). The lowest BCUT2D eigenvalue weighted by atomic mass is 9.77. The summed E-state index contributed by atoms with van der Waals surface area (Å²) in [5.74, 6) is 0.978. The van der Waals surface area contributed by atoms with Crippen LogP contribution in [0.4, 0.5) is 0 Å². The fourth-order valence-corrected chi connectivity index (χ4v) is 5.46. The minimum Gasteiger partial charge on any atom is -0.496 e. The molecule has 0 spiro atoms. The molecular formula is C19H28OSi. The zero-order valence-corrected chi connectivity index (χ0v) is 15.4. The lowest BCUT2D eigenvalue weighted by Crippen LogP contribution is -2.27. The second kappa shape index (κ2) is 5.49. The maximum atomic E-state index is 5.57. The van der Waals surface area contributed by atoms with Gasteiger partial charge < -0.3 is 4.74 Å². The van der Waals surface area contributed by atoms with E-state index in [4.69, 9.17) is 4.74 Å². The van der Waals surface area contributed by atoms with E-state index in [2.05, 4.69) is 70.8 Å². The van der Waals surface area contributed by atoms with Crippen molar-refractivity contribution in [2.45, 2.75) is 51.4 Å². The number of para-hydroxylation sites is 1. The van der Waals surface area contributed by atoms with Gasteiger partial charge in [-0.15, -0.1) is 0 Å². The van der Waals surface area contributed by atoms with Gasteiger partial charge in [-0.1, -0.05) is 69.4 Å². The second-order valence-corrected chi connectivity index (χ2v) is 13.0. The fraction of sp³-hybridized carbons (Fsp3) is 0.474. The first-order valence-corrected chi connectivity index (χ1v) is 11.3. The van der Waals surface area contributed by atoms with E-state index in [9.17, 15) is 0 Å². The van der Waals surface area contributed by atoms with Gasteiger partial charge in [0.2, 0.25) is 0 Å². The lowest BCUT2D eigenvalue weighted by molar-refractivity contribution is 0.401. The summed E-state index contributed by atoms with van der Waals surface area (Å²) in [6.07, 6.45) is 4.91. The van der Waals surface area contributed by atoms with Crippen molar-refractivity contribution in [1.29, 1.82) is 0 Å². The molecule has 0 amide bonds. The summed E-state index contributed by atoms with van der Waals surface area (Å²) in [6, 6.07) is 8.37. The summed E-state index contributed by atoms with van der Waals surface area (Å²) in [7, 11) is 0.547. The van der Waals surface area contributed by atoms with Crippen LogP contribution in [0.15, 0.2) is 47.6 Å². The Morgan fingerprint density at radius 3 is 2.24 bits per heavy atom. The van der Waals surface area contributed by atoms with Crippen molar-refractivity contribution in [2.75, 3.05) is 7.11 Å². The highest BCUT2D eigenvalue weighted by atomic mass is 28.3. The number of methoxy groups -OCH3 is 1. The van der Waals surface area contributed by atoms with Crippen molar-refractivity contribution in [3.8, 4) is 5.75 Å². The van der Waals surface area contributed by atoms with Gasteiger partial charge in [-0.2, -0.15) is 0 Å². The van der Waals surface area contributed by atoms with E-state index in [-0.39, 0.29) is 5.41 Å². The zero-order valence-electron chi connectivity index (χ0n) is 14.4. The molecule has 114 valence electrons. The van der Waals surface area contributed by atoms with Crippen molar-refractivity contribution in [3.05, 3.63) is 53.1 Å². The molecule has 2 heteroatoms. The van der Waals surface area contributed by atoms with E-state index in [0.29, 0.717) is 5.54 Å². The average Bonchev–Trinajstić information content (AvgIpc) is 2.81. The van der Waals surface area contributed by atoms with Gasteiger partial charge in [0.1, 0.15) is 5.75 Å². The summed E-state index contributed by atoms with van der Waals surface area (Å²) in [4.78, 5) is 0. The van der Waals surface area contributed by atoms with Gasteiger partial charge >= 0.3 is 0 Å². The van der Waals surface area contributed by atoms with Crippen LogP contribution in [0, 0.1) is 0 Å². The Morgan fingerprint density at radius 1 is 1.10 bits per heavy atom. The first-order chi connectivity index (χ1) is 9.67. The molecule has 0 aromatic heterocycles. The van der Waals surface area contributed by atoms with Crippen LogP contribution < -0.4 is 4.74 Å². The minimum absolute atomic E-state index is 0.0255. The quantitative estimate of drug-likeness (QED) is 0.661. The Bertz CT molecular complexity index is 588. The summed E-state index contributed by atoms with van der Waals surface area (Å²) < 4.78 is 5.57. The number of hydrogen-bond donors (Lipinski definition) is 0. The highest BCUT2D eigenvalue weighted by Gasteiger charge is 2.35. The molecule has 1 aliphatic rings. The van der Waals surface area contributed by atoms with Gasteiger partial charge in [-0.25, -0.2) is 0 Å². The molecule has 0 aliphatic heterocycles. The van der Waals surface area contributed by atoms with Crippen molar-refractivity contribution in [2.24, 2.45) is 0 Å². The molecule has 1 atom stereocenters. The van der Waals surface area contributed by atoms with E-state index in [0.717, 1.165) is 5.75 Å². The number of ether oxygens (including phenoxy) is 1. The molecule has 0 bridgehead atoms. The molecule has 0 N–H and O–H groups in total. The first-order valence-electron chi connectivity index (χ1n) is 7.72. The lowest BCUT2D eigenvalue weighted by Gasteiger charge is -2.29. The smallest absolute Gasteiger partial charge is 0.122 e. The summed E-state index contributed by atoms with van der Waals surface area (Å²) in [5, 5.41) is 0. The molecule has 1 unspecified atom stereocenters. The highest BCUT2D eigenvalue weighted by molar-refractivity contribution is 6.78. The Morgan fingerprint density at radius 2 is 1.71 bits per heavy atom. The van der Waals surface area contributed by atoms with Gasteiger partial charge in [0.05, 0.1) is 15.2 Å². The summed E-state index contributed by atoms with van der Waals surface area (Å²) in [5.41, 5.74) is 4.84. The molecular weight excluding hydrogens is 272 g/mol. The van der Waals surface area contributed by atoms with E-state index in [1.54, 1.807) is 7.11 Å². The van der Waals surface area contributed by atoms with Gasteiger partial charge in [0.15, 0.2) is 0 Å². The van der Waals surface area contributed by atoms with Crippen molar-refractivity contribution in [3.63, 3.8) is 0 Å². The molecule has 0 heterocycles. The van der Waals surface area contributed by atoms with Crippen LogP contribution >= 0.6 is 0 Å². The fourth-order valence-electron chi connectivity index (χ4n) is 3.33.